The Balaban J connectivity index is 2.19. The molecule has 1 aromatic rings. The molecule has 0 spiro atoms. The minimum Gasteiger partial charge on any atom is -0.357 e. The van der Waals surface area contributed by atoms with Gasteiger partial charge in [0.15, 0.2) is 0 Å². The zero-order valence-electron chi connectivity index (χ0n) is 8.75. The van der Waals surface area contributed by atoms with E-state index in [-0.39, 0.29) is 0 Å². The minimum absolute atomic E-state index is 0.674. The summed E-state index contributed by atoms with van der Waals surface area (Å²) in [6.45, 7) is 6.89. The van der Waals surface area contributed by atoms with Crippen LogP contribution in [-0.2, 0) is 20.0 Å². The molecule has 0 unspecified atom stereocenters. The van der Waals surface area contributed by atoms with E-state index >= 15 is 0 Å². The Morgan fingerprint density at radius 1 is 1.23 bits per heavy atom. The highest BCUT2D eigenvalue weighted by Crippen LogP contribution is 2.20. The number of aryl methyl sites for hydroxylation is 1. The molecule has 0 radical (unpaired) electrons. The summed E-state index contributed by atoms with van der Waals surface area (Å²) in [4.78, 5) is 2.53. The van der Waals surface area contributed by atoms with E-state index in [1.807, 2.05) is 0 Å². The van der Waals surface area contributed by atoms with Crippen molar-refractivity contribution in [2.24, 2.45) is 7.05 Å². The lowest BCUT2D eigenvalue weighted by molar-refractivity contribution is 0.204. The SMILES string of the molecule is CC(C)N1CCc2cn(C)cc2C1. The summed E-state index contributed by atoms with van der Waals surface area (Å²) in [6.07, 6.45) is 5.73. The third-order valence-electron chi connectivity index (χ3n) is 2.90. The van der Waals surface area contributed by atoms with E-state index < -0.39 is 0 Å². The van der Waals surface area contributed by atoms with Crippen molar-refractivity contribution in [3.63, 3.8) is 0 Å². The van der Waals surface area contributed by atoms with Gasteiger partial charge >= 0.3 is 0 Å². The first-order valence-electron chi connectivity index (χ1n) is 5.04. The smallest absolute Gasteiger partial charge is 0.0254 e. The molecule has 0 N–H and O–H groups in total. The molecule has 0 fully saturated rings. The lowest BCUT2D eigenvalue weighted by Gasteiger charge is -2.30. The molecule has 2 nitrogen and oxygen atoms in total. The van der Waals surface area contributed by atoms with Gasteiger partial charge in [0.2, 0.25) is 0 Å². The van der Waals surface area contributed by atoms with Crippen molar-refractivity contribution in [3.05, 3.63) is 23.5 Å². The molecule has 1 aromatic heterocycles. The lowest BCUT2D eigenvalue weighted by Crippen LogP contribution is -2.35. The number of rotatable bonds is 1. The number of nitrogens with zero attached hydrogens (tertiary/aromatic N) is 2. The second-order valence-electron chi connectivity index (χ2n) is 4.29. The fourth-order valence-corrected chi connectivity index (χ4v) is 2.06. The molecule has 13 heavy (non-hydrogen) atoms. The monoisotopic (exact) mass is 178 g/mol. The summed E-state index contributed by atoms with van der Waals surface area (Å²) in [5.41, 5.74) is 3.06. The van der Waals surface area contributed by atoms with Crippen LogP contribution in [0.4, 0.5) is 0 Å². The molecule has 0 saturated carbocycles. The normalized spacial score (nSPS) is 17.8. The van der Waals surface area contributed by atoms with Gasteiger partial charge < -0.3 is 4.57 Å². The summed E-state index contributed by atoms with van der Waals surface area (Å²) in [5.74, 6) is 0. The van der Waals surface area contributed by atoms with E-state index in [0.29, 0.717) is 6.04 Å². The topological polar surface area (TPSA) is 8.17 Å². The van der Waals surface area contributed by atoms with Crippen LogP contribution in [0.15, 0.2) is 12.4 Å². The van der Waals surface area contributed by atoms with Gasteiger partial charge in [-0.2, -0.15) is 0 Å². The van der Waals surface area contributed by atoms with E-state index in [0.717, 1.165) is 6.54 Å². The van der Waals surface area contributed by atoms with E-state index in [1.54, 1.807) is 5.56 Å². The number of aromatic nitrogens is 1. The maximum Gasteiger partial charge on any atom is 0.0254 e. The molecule has 0 bridgehead atoms. The van der Waals surface area contributed by atoms with Crippen molar-refractivity contribution in [1.29, 1.82) is 0 Å². The molecular weight excluding hydrogens is 160 g/mol. The highest BCUT2D eigenvalue weighted by atomic mass is 15.2. The number of hydrogen-bond donors (Lipinski definition) is 0. The Morgan fingerprint density at radius 2 is 1.92 bits per heavy atom. The Kier molecular flexibility index (Phi) is 2.16. The Labute approximate surface area is 80.2 Å². The van der Waals surface area contributed by atoms with Crippen LogP contribution < -0.4 is 0 Å². The van der Waals surface area contributed by atoms with Crippen molar-refractivity contribution in [1.82, 2.24) is 9.47 Å². The molecule has 2 heterocycles. The second kappa shape index (κ2) is 3.18. The third kappa shape index (κ3) is 1.63. The van der Waals surface area contributed by atoms with Crippen LogP contribution in [0.5, 0.6) is 0 Å². The summed E-state index contributed by atoms with van der Waals surface area (Å²) >= 11 is 0. The maximum absolute atomic E-state index is 2.53. The fourth-order valence-electron chi connectivity index (χ4n) is 2.06. The quantitative estimate of drug-likeness (QED) is 0.636. The largest absolute Gasteiger partial charge is 0.357 e. The molecule has 0 saturated heterocycles. The molecule has 0 aliphatic carbocycles. The Hall–Kier alpha value is -0.760. The van der Waals surface area contributed by atoms with Crippen molar-refractivity contribution in [2.45, 2.75) is 32.9 Å². The van der Waals surface area contributed by atoms with Crippen LogP contribution in [0.1, 0.15) is 25.0 Å². The number of fused-ring (bicyclic) bond motifs is 1. The standard InChI is InChI=1S/C11H18N2/c1-9(2)13-5-4-10-6-12(3)7-11(10)8-13/h6-7,9H,4-5,8H2,1-3H3. The zero-order chi connectivity index (χ0) is 9.42. The van der Waals surface area contributed by atoms with Gasteiger partial charge in [0.05, 0.1) is 0 Å². The van der Waals surface area contributed by atoms with E-state index in [4.69, 9.17) is 0 Å². The van der Waals surface area contributed by atoms with Crippen molar-refractivity contribution < 1.29 is 0 Å². The summed E-state index contributed by atoms with van der Waals surface area (Å²) < 4.78 is 2.18. The van der Waals surface area contributed by atoms with Crippen molar-refractivity contribution in [2.75, 3.05) is 6.54 Å². The molecule has 0 amide bonds. The van der Waals surface area contributed by atoms with E-state index in [1.165, 1.54) is 18.5 Å². The molecule has 0 atom stereocenters. The van der Waals surface area contributed by atoms with Gasteiger partial charge in [-0.1, -0.05) is 0 Å². The molecule has 2 rings (SSSR count). The first-order valence-corrected chi connectivity index (χ1v) is 5.04. The fraction of sp³-hybridized carbons (Fsp3) is 0.636. The van der Waals surface area contributed by atoms with Gasteiger partial charge in [-0.05, 0) is 31.4 Å². The van der Waals surface area contributed by atoms with Gasteiger partial charge in [-0.3, -0.25) is 4.90 Å². The average molecular weight is 178 g/mol. The molecule has 1 aliphatic heterocycles. The molecule has 2 heteroatoms. The van der Waals surface area contributed by atoms with Crippen molar-refractivity contribution in [3.8, 4) is 0 Å². The van der Waals surface area contributed by atoms with Crippen LogP contribution in [0.25, 0.3) is 0 Å². The number of hydrogen-bond acceptors (Lipinski definition) is 1. The second-order valence-corrected chi connectivity index (χ2v) is 4.29. The van der Waals surface area contributed by atoms with Gasteiger partial charge in [0.25, 0.3) is 0 Å². The van der Waals surface area contributed by atoms with E-state index in [2.05, 4.69) is 42.8 Å². The Bertz CT molecular complexity index is 299. The van der Waals surface area contributed by atoms with Gasteiger partial charge in [-0.25, -0.2) is 0 Å². The highest BCUT2D eigenvalue weighted by molar-refractivity contribution is 5.26. The summed E-state index contributed by atoms with van der Waals surface area (Å²) in [6, 6.07) is 0.674. The third-order valence-corrected chi connectivity index (χ3v) is 2.90. The van der Waals surface area contributed by atoms with Crippen LogP contribution in [0.2, 0.25) is 0 Å². The predicted octanol–water partition coefficient (Wildman–Crippen LogP) is 1.79. The van der Waals surface area contributed by atoms with Crippen molar-refractivity contribution >= 4 is 0 Å². The first kappa shape index (κ1) is 8.82. The Morgan fingerprint density at radius 3 is 2.62 bits per heavy atom. The van der Waals surface area contributed by atoms with Crippen LogP contribution in [0, 0.1) is 0 Å². The van der Waals surface area contributed by atoms with Gasteiger partial charge in [0.1, 0.15) is 0 Å². The average Bonchev–Trinajstić information content (AvgIpc) is 2.42. The molecule has 0 aromatic carbocycles. The lowest BCUT2D eigenvalue weighted by atomic mass is 10.0. The zero-order valence-corrected chi connectivity index (χ0v) is 8.75. The van der Waals surface area contributed by atoms with Gasteiger partial charge in [0, 0.05) is 38.6 Å². The van der Waals surface area contributed by atoms with Crippen LogP contribution >= 0.6 is 0 Å². The molecular formula is C11H18N2. The summed E-state index contributed by atoms with van der Waals surface area (Å²) in [7, 11) is 2.11. The first-order chi connectivity index (χ1) is 6.16. The van der Waals surface area contributed by atoms with Crippen LogP contribution in [-0.4, -0.2) is 22.1 Å². The minimum atomic E-state index is 0.674. The van der Waals surface area contributed by atoms with Gasteiger partial charge in [-0.15, -0.1) is 0 Å². The summed E-state index contributed by atoms with van der Waals surface area (Å²) in [5, 5.41) is 0. The molecule has 1 aliphatic rings. The van der Waals surface area contributed by atoms with E-state index in [9.17, 15) is 0 Å². The highest BCUT2D eigenvalue weighted by Gasteiger charge is 2.18. The van der Waals surface area contributed by atoms with Crippen LogP contribution in [0.3, 0.4) is 0 Å². The molecule has 72 valence electrons. The predicted molar refractivity (Wildman–Crippen MR) is 54.7 cm³/mol. The maximum atomic E-state index is 2.53.